The maximum atomic E-state index is 15.4. The Hall–Kier alpha value is 0.454. The van der Waals surface area contributed by atoms with Crippen molar-refractivity contribution in [1.82, 2.24) is 0 Å². The van der Waals surface area contributed by atoms with Crippen molar-refractivity contribution in [3.8, 4) is 0 Å². The summed E-state index contributed by atoms with van der Waals surface area (Å²) in [5, 5.41) is 0. The van der Waals surface area contributed by atoms with Gasteiger partial charge >= 0.3 is 8.25 Å². The standard InChI is InChI=1S/C48H102O3PSi2/c1-13-25-31-43(19-7)37-53(38-44(20-8)32-26-14-2,39-45(21-9)33-27-15-3)50-52(49)51-54(40-46(22-10)34-28-16-4,41-47(23-11)35-29-17-5)42-48(24-12)36-30-18-6/h43-48H,13-42H2,1-12H3/q+1. The predicted octanol–water partition coefficient (Wildman–Crippen LogP) is 18.9. The van der Waals surface area contributed by atoms with Gasteiger partial charge in [-0.1, -0.05) is 237 Å². The Bertz CT molecular complexity index is 699. The van der Waals surface area contributed by atoms with Crippen molar-refractivity contribution in [2.45, 2.75) is 273 Å². The van der Waals surface area contributed by atoms with Crippen LogP contribution < -0.4 is 0 Å². The van der Waals surface area contributed by atoms with E-state index in [1.807, 2.05) is 0 Å². The van der Waals surface area contributed by atoms with Crippen LogP contribution in [0.5, 0.6) is 0 Å². The van der Waals surface area contributed by atoms with Gasteiger partial charge in [-0.3, -0.25) is 0 Å². The molecule has 0 amide bonds. The minimum absolute atomic E-state index is 0.671. The lowest BCUT2D eigenvalue weighted by Crippen LogP contribution is -2.45. The van der Waals surface area contributed by atoms with Gasteiger partial charge in [-0.2, -0.15) is 8.43 Å². The van der Waals surface area contributed by atoms with Gasteiger partial charge in [-0.15, -0.1) is 0 Å². The molecule has 0 aromatic rings. The number of hydrogen-bond donors (Lipinski definition) is 0. The fraction of sp³-hybridized carbons (Fsp3) is 1.00. The zero-order valence-corrected chi connectivity index (χ0v) is 42.2. The van der Waals surface area contributed by atoms with Crippen molar-refractivity contribution in [3.63, 3.8) is 0 Å². The molecule has 0 aliphatic carbocycles. The molecule has 0 aliphatic rings. The minimum atomic E-state index is -2.45. The minimum Gasteiger partial charge on any atom is -0.176 e. The molecule has 0 spiro atoms. The van der Waals surface area contributed by atoms with Gasteiger partial charge in [-0.05, 0) is 71.8 Å². The molecule has 6 atom stereocenters. The summed E-state index contributed by atoms with van der Waals surface area (Å²) in [5.74, 6) is 4.03. The van der Waals surface area contributed by atoms with E-state index in [9.17, 15) is 0 Å². The topological polar surface area (TPSA) is 35.5 Å². The summed E-state index contributed by atoms with van der Waals surface area (Å²) in [6, 6.07) is 7.11. The summed E-state index contributed by atoms with van der Waals surface area (Å²) < 4.78 is 30.5. The van der Waals surface area contributed by atoms with Crippen LogP contribution >= 0.6 is 8.25 Å². The molecule has 6 heteroatoms. The van der Waals surface area contributed by atoms with Gasteiger partial charge in [0.2, 0.25) is 0 Å². The summed E-state index contributed by atoms with van der Waals surface area (Å²) in [7, 11) is -7.08. The highest BCUT2D eigenvalue weighted by Crippen LogP contribution is 2.50. The van der Waals surface area contributed by atoms with Gasteiger partial charge in [0.25, 0.3) is 16.6 Å². The Labute approximate surface area is 345 Å². The molecule has 0 saturated heterocycles. The third-order valence-corrected chi connectivity index (χ3v) is 26.0. The van der Waals surface area contributed by atoms with E-state index < -0.39 is 24.9 Å². The number of rotatable bonds is 40. The van der Waals surface area contributed by atoms with Crippen LogP contribution in [0.3, 0.4) is 0 Å². The van der Waals surface area contributed by atoms with Gasteiger partial charge in [0.15, 0.2) is 0 Å². The SMILES string of the molecule is CCCCC(CC)C[Si](CC(CC)CCCC)(CC(CC)CCCC)O[P+](=O)O[Si](CC(CC)CCCC)(CC(CC)CCCC)CC(CC)CCCC. The highest BCUT2D eigenvalue weighted by atomic mass is 31.1. The average Bonchev–Trinajstić information content (AvgIpc) is 3.18. The second kappa shape index (κ2) is 34.3. The first kappa shape index (κ1) is 54.5. The molecule has 0 heterocycles. The Balaban J connectivity index is 7.45. The van der Waals surface area contributed by atoms with Crippen LogP contribution in [0.1, 0.15) is 237 Å². The van der Waals surface area contributed by atoms with E-state index in [0.717, 1.165) is 0 Å². The summed E-state index contributed by atoms with van der Waals surface area (Å²) in [6.45, 7) is 28.6. The summed E-state index contributed by atoms with van der Waals surface area (Å²) >= 11 is 0. The third kappa shape index (κ3) is 23.8. The van der Waals surface area contributed by atoms with Gasteiger partial charge in [0, 0.05) is 4.57 Å². The third-order valence-electron chi connectivity index (χ3n) is 13.8. The van der Waals surface area contributed by atoms with E-state index in [0.29, 0.717) is 35.5 Å². The van der Waals surface area contributed by atoms with E-state index in [2.05, 4.69) is 83.1 Å². The second-order valence-corrected chi connectivity index (χ2v) is 27.6. The molecule has 0 rings (SSSR count). The highest BCUT2D eigenvalue weighted by Gasteiger charge is 2.53. The first-order chi connectivity index (χ1) is 26.1. The van der Waals surface area contributed by atoms with Crippen molar-refractivity contribution in [1.29, 1.82) is 0 Å². The summed E-state index contributed by atoms with van der Waals surface area (Å²) in [5.41, 5.74) is 0. The first-order valence-corrected chi connectivity index (χ1v) is 31.1. The largest absolute Gasteiger partial charge is 0.673 e. The van der Waals surface area contributed by atoms with Gasteiger partial charge in [0.05, 0.1) is 0 Å². The zero-order valence-electron chi connectivity index (χ0n) is 39.3. The molecular weight excluding hydrogens is 712 g/mol. The Morgan fingerprint density at radius 3 is 0.630 bits per heavy atom. The van der Waals surface area contributed by atoms with Crippen LogP contribution in [0.25, 0.3) is 0 Å². The fourth-order valence-corrected chi connectivity index (χ4v) is 24.9. The van der Waals surface area contributed by atoms with Crippen molar-refractivity contribution >= 4 is 24.9 Å². The van der Waals surface area contributed by atoms with Crippen molar-refractivity contribution in [2.75, 3.05) is 0 Å². The predicted molar refractivity (Wildman–Crippen MR) is 250 cm³/mol. The maximum Gasteiger partial charge on any atom is 0.673 e. The van der Waals surface area contributed by atoms with Crippen LogP contribution in [0.4, 0.5) is 0 Å². The van der Waals surface area contributed by atoms with E-state index in [4.69, 9.17) is 8.43 Å². The van der Waals surface area contributed by atoms with Crippen LogP contribution in [0.2, 0.25) is 36.3 Å². The molecule has 0 aromatic carbocycles. The Morgan fingerprint density at radius 1 is 0.333 bits per heavy atom. The number of unbranched alkanes of at least 4 members (excludes halogenated alkanes) is 6. The summed E-state index contributed by atoms with van der Waals surface area (Å²) in [6.07, 6.45) is 30.3. The van der Waals surface area contributed by atoms with E-state index in [1.165, 1.54) is 190 Å². The van der Waals surface area contributed by atoms with Gasteiger partial charge in [0.1, 0.15) is 0 Å². The van der Waals surface area contributed by atoms with Crippen LogP contribution in [0, 0.1) is 35.5 Å². The Morgan fingerprint density at radius 2 is 0.500 bits per heavy atom. The molecule has 6 unspecified atom stereocenters. The van der Waals surface area contributed by atoms with Crippen molar-refractivity contribution in [2.24, 2.45) is 35.5 Å². The second-order valence-electron chi connectivity index (χ2n) is 18.5. The van der Waals surface area contributed by atoms with E-state index in [1.54, 1.807) is 0 Å². The lowest BCUT2D eigenvalue weighted by molar-refractivity contribution is 0.345. The van der Waals surface area contributed by atoms with Crippen LogP contribution in [0.15, 0.2) is 0 Å². The molecule has 324 valence electrons. The first-order valence-electron chi connectivity index (χ1n) is 24.9. The molecule has 0 aliphatic heterocycles. The van der Waals surface area contributed by atoms with E-state index >= 15 is 4.57 Å². The molecule has 0 aromatic heterocycles. The maximum absolute atomic E-state index is 15.4. The molecule has 0 saturated carbocycles. The molecular formula is C48H102O3PSi2+. The van der Waals surface area contributed by atoms with Gasteiger partial charge in [-0.25, -0.2) is 0 Å². The quantitative estimate of drug-likeness (QED) is 0.0457. The summed E-state index contributed by atoms with van der Waals surface area (Å²) in [4.78, 5) is 0. The monoisotopic (exact) mass is 814 g/mol. The number of hydrogen-bond acceptors (Lipinski definition) is 3. The van der Waals surface area contributed by atoms with E-state index in [-0.39, 0.29) is 0 Å². The molecule has 54 heavy (non-hydrogen) atoms. The molecule has 3 nitrogen and oxygen atoms in total. The lowest BCUT2D eigenvalue weighted by atomic mass is 10.0. The molecule has 0 N–H and O–H groups in total. The molecule has 0 radical (unpaired) electrons. The normalized spacial score (nSPS) is 18.0. The van der Waals surface area contributed by atoms with Crippen LogP contribution in [-0.4, -0.2) is 16.6 Å². The average molecular weight is 814 g/mol. The lowest BCUT2D eigenvalue weighted by Gasteiger charge is -2.37. The Kier molecular flexibility index (Phi) is 34.6. The van der Waals surface area contributed by atoms with Crippen molar-refractivity contribution in [3.05, 3.63) is 0 Å². The van der Waals surface area contributed by atoms with Crippen molar-refractivity contribution < 1.29 is 13.0 Å². The van der Waals surface area contributed by atoms with Crippen LogP contribution in [-0.2, 0) is 13.0 Å². The fourth-order valence-electron chi connectivity index (χ4n) is 9.88. The zero-order chi connectivity index (χ0) is 40.7. The smallest absolute Gasteiger partial charge is 0.176 e. The highest BCUT2D eigenvalue weighted by molar-refractivity contribution is 7.38. The molecule has 0 bridgehead atoms. The van der Waals surface area contributed by atoms with Gasteiger partial charge < -0.3 is 0 Å². The molecule has 0 fully saturated rings.